The van der Waals surface area contributed by atoms with Crippen molar-refractivity contribution in [2.24, 2.45) is 17.8 Å². The van der Waals surface area contributed by atoms with Crippen molar-refractivity contribution in [1.29, 1.82) is 0 Å². The van der Waals surface area contributed by atoms with Gasteiger partial charge in [-0.05, 0) is 74.7 Å². The monoisotopic (exact) mass is 376 g/mol. The first-order chi connectivity index (χ1) is 13.0. The van der Waals surface area contributed by atoms with Gasteiger partial charge in [-0.2, -0.15) is 0 Å². The summed E-state index contributed by atoms with van der Waals surface area (Å²) in [5, 5.41) is 28.0. The first kappa shape index (κ1) is 19.2. The van der Waals surface area contributed by atoms with Crippen LogP contribution >= 0.6 is 0 Å². The Balaban J connectivity index is 1.40. The summed E-state index contributed by atoms with van der Waals surface area (Å²) in [4.78, 5) is 0. The van der Waals surface area contributed by atoms with Crippen molar-refractivity contribution in [2.45, 2.75) is 50.2 Å². The number of methoxy groups -OCH3 is 1. The zero-order valence-electron chi connectivity index (χ0n) is 16.2. The second kappa shape index (κ2) is 7.68. The molecule has 1 saturated carbocycles. The van der Waals surface area contributed by atoms with E-state index in [4.69, 9.17) is 9.47 Å². The summed E-state index contributed by atoms with van der Waals surface area (Å²) < 4.78 is 11.3. The van der Waals surface area contributed by atoms with E-state index in [9.17, 15) is 10.2 Å². The second-order valence-electron chi connectivity index (χ2n) is 8.68. The molecule has 6 heteroatoms. The molecule has 0 radical (unpaired) electrons. The molecule has 3 aliphatic rings. The third-order valence-corrected chi connectivity index (χ3v) is 6.71. The number of aliphatic hydroxyl groups is 2. The second-order valence-corrected chi connectivity index (χ2v) is 8.68. The van der Waals surface area contributed by atoms with Crippen LogP contribution in [0.15, 0.2) is 24.3 Å². The maximum Gasteiger partial charge on any atom is 0.118 e. The first-order valence-electron chi connectivity index (χ1n) is 10.1. The normalized spacial score (nSPS) is 39.9. The zero-order valence-corrected chi connectivity index (χ0v) is 16.2. The molecule has 150 valence electrons. The fourth-order valence-corrected chi connectivity index (χ4v) is 5.31. The Morgan fingerprint density at radius 3 is 2.52 bits per heavy atom. The molecule has 1 aliphatic carbocycles. The summed E-state index contributed by atoms with van der Waals surface area (Å²) in [7, 11) is 1.64. The largest absolute Gasteiger partial charge is 0.497 e. The Morgan fingerprint density at radius 2 is 1.89 bits per heavy atom. The van der Waals surface area contributed by atoms with Gasteiger partial charge in [-0.1, -0.05) is 12.1 Å². The molecule has 0 amide bonds. The molecule has 4 rings (SSSR count). The van der Waals surface area contributed by atoms with E-state index >= 15 is 0 Å². The summed E-state index contributed by atoms with van der Waals surface area (Å²) >= 11 is 0. The van der Waals surface area contributed by atoms with Crippen LogP contribution in [0.25, 0.3) is 0 Å². The average molecular weight is 376 g/mol. The quantitative estimate of drug-likeness (QED) is 0.622. The Hall–Kier alpha value is -1.18. The van der Waals surface area contributed by atoms with Gasteiger partial charge >= 0.3 is 0 Å². The number of rotatable bonds is 5. The Kier molecular flexibility index (Phi) is 5.45. The highest BCUT2D eigenvalue weighted by atomic mass is 16.5. The summed E-state index contributed by atoms with van der Waals surface area (Å²) in [6, 6.07) is 7.42. The molecule has 3 fully saturated rings. The van der Waals surface area contributed by atoms with Crippen LogP contribution in [0.2, 0.25) is 0 Å². The third-order valence-electron chi connectivity index (χ3n) is 6.71. The van der Waals surface area contributed by atoms with Crippen LogP contribution in [0.1, 0.15) is 37.9 Å². The Labute approximate surface area is 161 Å². The van der Waals surface area contributed by atoms with Gasteiger partial charge in [0.2, 0.25) is 0 Å². The van der Waals surface area contributed by atoms with Crippen molar-refractivity contribution in [3.05, 3.63) is 29.8 Å². The van der Waals surface area contributed by atoms with Gasteiger partial charge in [0.05, 0.1) is 32.0 Å². The fraction of sp³-hybridized carbons (Fsp3) is 0.714. The first-order valence-corrected chi connectivity index (χ1v) is 10.1. The molecule has 2 bridgehead atoms. The number of hydrogen-bond donors (Lipinski definition) is 4. The van der Waals surface area contributed by atoms with E-state index < -0.39 is 11.8 Å². The van der Waals surface area contributed by atoms with Gasteiger partial charge in [-0.3, -0.25) is 5.32 Å². The van der Waals surface area contributed by atoms with Gasteiger partial charge in [0.15, 0.2) is 0 Å². The molecule has 2 heterocycles. The lowest BCUT2D eigenvalue weighted by Crippen LogP contribution is -2.53. The predicted molar refractivity (Wildman–Crippen MR) is 102 cm³/mol. The van der Waals surface area contributed by atoms with Crippen molar-refractivity contribution < 1.29 is 19.7 Å². The smallest absolute Gasteiger partial charge is 0.118 e. The van der Waals surface area contributed by atoms with Gasteiger partial charge in [0.1, 0.15) is 11.5 Å². The average Bonchev–Trinajstić information content (AvgIpc) is 3.04. The number of nitrogens with one attached hydrogen (secondary N) is 2. The number of aliphatic hydroxyl groups excluding tert-OH is 2. The van der Waals surface area contributed by atoms with Gasteiger partial charge < -0.3 is 25.0 Å². The van der Waals surface area contributed by atoms with Gasteiger partial charge in [-0.15, -0.1) is 0 Å². The van der Waals surface area contributed by atoms with Crippen LogP contribution < -0.4 is 15.4 Å². The molecule has 2 saturated heterocycles. The van der Waals surface area contributed by atoms with Crippen LogP contribution in [0.4, 0.5) is 0 Å². The summed E-state index contributed by atoms with van der Waals surface area (Å²) in [5.41, 5.74) is 0.432. The SMILES string of the molecule is COc1ccc([C@@H](O)[C@@H]2COC(C)(CC3C4CNCC3CC(O)C4)N2)cc1. The predicted octanol–water partition coefficient (Wildman–Crippen LogP) is 1.43. The lowest BCUT2D eigenvalue weighted by molar-refractivity contribution is -0.0617. The molecular formula is C21H32N2O4. The van der Waals surface area contributed by atoms with Crippen molar-refractivity contribution >= 4 is 0 Å². The number of benzene rings is 1. The van der Waals surface area contributed by atoms with E-state index in [0.717, 1.165) is 43.7 Å². The highest BCUT2D eigenvalue weighted by Gasteiger charge is 2.46. The standard InChI is InChI=1S/C21H32N2O4/c1-21(9-18-14-7-16(24)8-15(18)11-22-10-14)23-19(12-27-21)20(25)13-3-5-17(26-2)6-4-13/h3-6,14-16,18-20,22-25H,7-12H2,1-2H3/t14?,15?,16?,18?,19-,20+,21?/m0/s1. The fourth-order valence-electron chi connectivity index (χ4n) is 5.31. The maximum atomic E-state index is 10.8. The lowest BCUT2D eigenvalue weighted by Gasteiger charge is -2.47. The zero-order chi connectivity index (χ0) is 19.0. The van der Waals surface area contributed by atoms with Crippen LogP contribution in [0.5, 0.6) is 5.75 Å². The van der Waals surface area contributed by atoms with E-state index in [1.165, 1.54) is 0 Å². The van der Waals surface area contributed by atoms with Crippen LogP contribution in [-0.4, -0.2) is 54.9 Å². The number of ether oxygens (including phenoxy) is 2. The molecule has 0 aromatic heterocycles. The molecular weight excluding hydrogens is 344 g/mol. The van der Waals surface area contributed by atoms with Crippen LogP contribution in [0.3, 0.4) is 0 Å². The molecule has 5 atom stereocenters. The van der Waals surface area contributed by atoms with Crippen molar-refractivity contribution in [3.8, 4) is 5.75 Å². The van der Waals surface area contributed by atoms with Crippen LogP contribution in [0, 0.1) is 17.8 Å². The van der Waals surface area contributed by atoms with E-state index in [1.54, 1.807) is 7.11 Å². The van der Waals surface area contributed by atoms with Gasteiger partial charge in [0.25, 0.3) is 0 Å². The van der Waals surface area contributed by atoms with Crippen molar-refractivity contribution in [1.82, 2.24) is 10.6 Å². The van der Waals surface area contributed by atoms with Crippen molar-refractivity contribution in [2.75, 3.05) is 26.8 Å². The Bertz CT molecular complexity index is 626. The highest BCUT2D eigenvalue weighted by Crippen LogP contribution is 2.43. The van der Waals surface area contributed by atoms with Gasteiger partial charge in [0, 0.05) is 0 Å². The number of hydrogen-bond acceptors (Lipinski definition) is 6. The third kappa shape index (κ3) is 4.00. The molecule has 6 nitrogen and oxygen atoms in total. The Morgan fingerprint density at radius 1 is 1.22 bits per heavy atom. The van der Waals surface area contributed by atoms with Crippen molar-refractivity contribution in [3.63, 3.8) is 0 Å². The molecule has 3 unspecified atom stereocenters. The molecule has 0 spiro atoms. The minimum Gasteiger partial charge on any atom is -0.497 e. The summed E-state index contributed by atoms with van der Waals surface area (Å²) in [5.74, 6) is 2.33. The molecule has 4 N–H and O–H groups in total. The number of fused-ring (bicyclic) bond motifs is 2. The number of piperidine rings is 1. The minimum absolute atomic E-state index is 0.129. The van der Waals surface area contributed by atoms with Crippen LogP contribution in [-0.2, 0) is 4.74 Å². The van der Waals surface area contributed by atoms with E-state index in [-0.39, 0.29) is 12.1 Å². The maximum absolute atomic E-state index is 10.8. The lowest BCUT2D eigenvalue weighted by atomic mass is 9.66. The molecule has 27 heavy (non-hydrogen) atoms. The summed E-state index contributed by atoms with van der Waals surface area (Å²) in [6.45, 7) is 4.55. The van der Waals surface area contributed by atoms with E-state index in [1.807, 2.05) is 24.3 Å². The minimum atomic E-state index is -0.618. The highest BCUT2D eigenvalue weighted by molar-refractivity contribution is 5.29. The topological polar surface area (TPSA) is 83.0 Å². The molecule has 2 aliphatic heterocycles. The molecule has 1 aromatic carbocycles. The summed E-state index contributed by atoms with van der Waals surface area (Å²) in [6.07, 6.45) is 1.90. The van der Waals surface area contributed by atoms with E-state index in [2.05, 4.69) is 17.6 Å². The van der Waals surface area contributed by atoms with E-state index in [0.29, 0.717) is 24.4 Å². The molecule has 1 aromatic rings. The van der Waals surface area contributed by atoms with Gasteiger partial charge in [-0.25, -0.2) is 0 Å².